The van der Waals surface area contributed by atoms with Crippen molar-refractivity contribution in [2.24, 2.45) is 5.11 Å². The van der Waals surface area contributed by atoms with E-state index in [1.54, 1.807) is 6.08 Å². The van der Waals surface area contributed by atoms with Gasteiger partial charge >= 0.3 is 0 Å². The molecule has 0 fully saturated rings. The summed E-state index contributed by atoms with van der Waals surface area (Å²) in [6.45, 7) is 0. The molecule has 0 amide bonds. The molecule has 0 aliphatic heterocycles. The molecule has 0 radical (unpaired) electrons. The zero-order valence-corrected chi connectivity index (χ0v) is 6.49. The van der Waals surface area contributed by atoms with Crippen molar-refractivity contribution in [3.05, 3.63) is 45.5 Å². The van der Waals surface area contributed by atoms with Crippen LogP contribution in [0.25, 0.3) is 10.4 Å². The van der Waals surface area contributed by atoms with E-state index in [-0.39, 0.29) is 0 Å². The molecular weight excluding hydrogens is 162 g/mol. The Hall–Kier alpha value is -1.18. The first kappa shape index (κ1) is 7.92. The second kappa shape index (κ2) is 3.86. The van der Waals surface area contributed by atoms with Crippen LogP contribution in [0.4, 0.5) is 0 Å². The number of hydrogen-bond acceptors (Lipinski definition) is 1. The fourth-order valence-corrected chi connectivity index (χ4v) is 0.874. The minimum atomic E-state index is 0.725. The highest BCUT2D eigenvalue weighted by Crippen LogP contribution is 2.17. The highest BCUT2D eigenvalue weighted by atomic mass is 35.5. The maximum Gasteiger partial charge on any atom is 0.0369 e. The third-order valence-electron chi connectivity index (χ3n) is 1.26. The first-order valence-electron chi connectivity index (χ1n) is 3.10. The van der Waals surface area contributed by atoms with Crippen LogP contribution in [0.5, 0.6) is 0 Å². The van der Waals surface area contributed by atoms with Gasteiger partial charge in [0.05, 0.1) is 0 Å². The standard InChI is InChI=1S/C7H6ClN3/c8-7-3-1-6(2-4-7)5-10-11-9/h1,3-5H,2H2. The summed E-state index contributed by atoms with van der Waals surface area (Å²) in [5.74, 6) is 0. The molecule has 0 atom stereocenters. The molecule has 1 aliphatic carbocycles. The lowest BCUT2D eigenvalue weighted by Crippen LogP contribution is -1.81. The van der Waals surface area contributed by atoms with Gasteiger partial charge in [-0.05, 0) is 23.6 Å². The van der Waals surface area contributed by atoms with Crippen molar-refractivity contribution >= 4 is 11.6 Å². The average Bonchev–Trinajstić information content (AvgIpc) is 2.04. The van der Waals surface area contributed by atoms with Crippen LogP contribution in [0, 0.1) is 0 Å². The lowest BCUT2D eigenvalue weighted by Gasteiger charge is -2.01. The lowest BCUT2D eigenvalue weighted by molar-refractivity contribution is 1.22. The van der Waals surface area contributed by atoms with Crippen molar-refractivity contribution in [3.8, 4) is 0 Å². The van der Waals surface area contributed by atoms with E-state index in [1.807, 2.05) is 12.2 Å². The Bertz CT molecular complexity index is 282. The third kappa shape index (κ3) is 2.50. The maximum absolute atomic E-state index is 8.00. The van der Waals surface area contributed by atoms with E-state index in [9.17, 15) is 0 Å². The minimum absolute atomic E-state index is 0.725. The molecule has 0 aromatic rings. The zero-order chi connectivity index (χ0) is 8.10. The van der Waals surface area contributed by atoms with Gasteiger partial charge in [-0.25, -0.2) is 0 Å². The lowest BCUT2D eigenvalue weighted by atomic mass is 10.1. The van der Waals surface area contributed by atoms with E-state index in [0.717, 1.165) is 17.0 Å². The van der Waals surface area contributed by atoms with Crippen LogP contribution in [0.3, 0.4) is 0 Å². The molecular formula is C7H6ClN3. The van der Waals surface area contributed by atoms with E-state index >= 15 is 0 Å². The Morgan fingerprint density at radius 2 is 2.45 bits per heavy atom. The van der Waals surface area contributed by atoms with Gasteiger partial charge in [-0.15, -0.1) is 0 Å². The molecule has 56 valence electrons. The molecule has 1 aliphatic rings. The predicted molar refractivity (Wildman–Crippen MR) is 44.9 cm³/mol. The smallest absolute Gasteiger partial charge is 0.0369 e. The van der Waals surface area contributed by atoms with Gasteiger partial charge in [-0.3, -0.25) is 0 Å². The number of azide groups is 1. The van der Waals surface area contributed by atoms with Crippen LogP contribution in [-0.2, 0) is 0 Å². The zero-order valence-electron chi connectivity index (χ0n) is 5.74. The van der Waals surface area contributed by atoms with E-state index < -0.39 is 0 Å². The van der Waals surface area contributed by atoms with Crippen LogP contribution in [0.1, 0.15) is 6.42 Å². The van der Waals surface area contributed by atoms with Gasteiger partial charge in [0.1, 0.15) is 0 Å². The van der Waals surface area contributed by atoms with Crippen LogP contribution in [-0.4, -0.2) is 0 Å². The monoisotopic (exact) mass is 167 g/mol. The molecule has 4 heteroatoms. The molecule has 0 heterocycles. The van der Waals surface area contributed by atoms with Crippen molar-refractivity contribution in [2.45, 2.75) is 6.42 Å². The summed E-state index contributed by atoms with van der Waals surface area (Å²) < 4.78 is 0. The molecule has 0 aromatic heterocycles. The first-order chi connectivity index (χ1) is 5.33. The van der Waals surface area contributed by atoms with Crippen LogP contribution >= 0.6 is 11.6 Å². The predicted octanol–water partition coefficient (Wildman–Crippen LogP) is 3.26. The van der Waals surface area contributed by atoms with Crippen LogP contribution < -0.4 is 0 Å². The molecule has 0 saturated carbocycles. The highest BCUT2D eigenvalue weighted by molar-refractivity contribution is 6.31. The van der Waals surface area contributed by atoms with Crippen molar-refractivity contribution in [2.75, 3.05) is 0 Å². The van der Waals surface area contributed by atoms with E-state index in [1.165, 1.54) is 6.20 Å². The molecule has 0 unspecified atom stereocenters. The summed E-state index contributed by atoms with van der Waals surface area (Å²) in [5, 5.41) is 4.04. The number of allylic oxidation sites excluding steroid dienone is 5. The molecule has 0 N–H and O–H groups in total. The van der Waals surface area contributed by atoms with Crippen molar-refractivity contribution in [1.82, 2.24) is 0 Å². The summed E-state index contributed by atoms with van der Waals surface area (Å²) in [7, 11) is 0. The van der Waals surface area contributed by atoms with Crippen LogP contribution in [0.15, 0.2) is 40.1 Å². The minimum Gasteiger partial charge on any atom is -0.0847 e. The van der Waals surface area contributed by atoms with E-state index in [0.29, 0.717) is 0 Å². The number of halogens is 1. The summed E-state index contributed by atoms with van der Waals surface area (Å²) in [6, 6.07) is 0. The number of hydrogen-bond donors (Lipinski definition) is 0. The molecule has 0 aromatic carbocycles. The fourth-order valence-electron chi connectivity index (χ4n) is 0.734. The van der Waals surface area contributed by atoms with E-state index in [2.05, 4.69) is 10.0 Å². The van der Waals surface area contributed by atoms with Gasteiger partial charge in [0, 0.05) is 16.1 Å². The molecule has 1 rings (SSSR count). The van der Waals surface area contributed by atoms with Gasteiger partial charge in [0.2, 0.25) is 0 Å². The SMILES string of the molecule is [N-]=[N+]=NC=C1C=CC(Cl)=CC1. The van der Waals surface area contributed by atoms with E-state index in [4.69, 9.17) is 17.1 Å². The van der Waals surface area contributed by atoms with Crippen LogP contribution in [0.2, 0.25) is 0 Å². The Kier molecular flexibility index (Phi) is 2.78. The summed E-state index contributed by atoms with van der Waals surface area (Å²) in [6.07, 6.45) is 7.67. The summed E-state index contributed by atoms with van der Waals surface area (Å²) in [4.78, 5) is 2.61. The Balaban J connectivity index is 2.69. The quantitative estimate of drug-likeness (QED) is 0.327. The van der Waals surface area contributed by atoms with Gasteiger partial charge in [-0.2, -0.15) is 0 Å². The third-order valence-corrected chi connectivity index (χ3v) is 1.54. The molecule has 0 spiro atoms. The molecule has 0 saturated heterocycles. The Labute approximate surface area is 69.3 Å². The van der Waals surface area contributed by atoms with Crippen molar-refractivity contribution in [1.29, 1.82) is 0 Å². The highest BCUT2D eigenvalue weighted by Gasteiger charge is 1.96. The topological polar surface area (TPSA) is 48.8 Å². The maximum atomic E-state index is 8.00. The summed E-state index contributed by atoms with van der Waals surface area (Å²) in [5.41, 5.74) is 8.96. The fraction of sp³-hybridized carbons (Fsp3) is 0.143. The number of rotatable bonds is 1. The van der Waals surface area contributed by atoms with Gasteiger partial charge in [0.25, 0.3) is 0 Å². The Morgan fingerprint density at radius 3 is 3.00 bits per heavy atom. The molecule has 11 heavy (non-hydrogen) atoms. The normalized spacial score (nSPS) is 19.4. The molecule has 0 bridgehead atoms. The Morgan fingerprint density at radius 1 is 1.64 bits per heavy atom. The summed E-state index contributed by atoms with van der Waals surface area (Å²) >= 11 is 5.66. The second-order valence-corrected chi connectivity index (χ2v) is 2.47. The van der Waals surface area contributed by atoms with Gasteiger partial charge in [-0.1, -0.05) is 28.9 Å². The second-order valence-electron chi connectivity index (χ2n) is 2.04. The van der Waals surface area contributed by atoms with Gasteiger partial charge in [0.15, 0.2) is 0 Å². The first-order valence-corrected chi connectivity index (χ1v) is 3.47. The molecule has 3 nitrogen and oxygen atoms in total. The van der Waals surface area contributed by atoms with Crippen molar-refractivity contribution < 1.29 is 0 Å². The van der Waals surface area contributed by atoms with Crippen molar-refractivity contribution in [3.63, 3.8) is 0 Å². The average molecular weight is 168 g/mol. The largest absolute Gasteiger partial charge is 0.0847 e. The number of nitrogens with zero attached hydrogens (tertiary/aromatic N) is 3. The van der Waals surface area contributed by atoms with Gasteiger partial charge < -0.3 is 0 Å².